The number of hydrogen-bond acceptors (Lipinski definition) is 5. The molecule has 0 saturated heterocycles. The highest BCUT2D eigenvalue weighted by Crippen LogP contribution is 1.94. The Morgan fingerprint density at radius 2 is 1.38 bits per heavy atom. The normalized spacial score (nSPS) is 11.1. The number of carbonyl (C=O) groups is 2. The van der Waals surface area contributed by atoms with E-state index in [-0.39, 0.29) is 30.8 Å². The first-order chi connectivity index (χ1) is 9.93. The monoisotopic (exact) mass is 303 g/mol. The van der Waals surface area contributed by atoms with Gasteiger partial charge in [-0.05, 0) is 5.92 Å². The van der Waals surface area contributed by atoms with Crippen LogP contribution in [0.25, 0.3) is 0 Å². The molecule has 0 atom stereocenters. The smallest absolute Gasteiger partial charge is 0.246 e. The summed E-state index contributed by atoms with van der Waals surface area (Å²) in [6.07, 6.45) is 0. The molecule has 0 saturated carbocycles. The van der Waals surface area contributed by atoms with Gasteiger partial charge in [-0.2, -0.15) is 0 Å². The fourth-order valence-corrected chi connectivity index (χ4v) is 1.21. The zero-order valence-corrected chi connectivity index (χ0v) is 13.6. The SMILES string of the molecule is CC(C)CNC(=O)COCCOCCOCC(=O)C(C)C. The first-order valence-corrected chi connectivity index (χ1v) is 7.46. The molecule has 0 rings (SSSR count). The third kappa shape index (κ3) is 13.7. The molecular formula is C15H29NO5. The second-order valence-electron chi connectivity index (χ2n) is 5.54. The van der Waals surface area contributed by atoms with Crippen molar-refractivity contribution in [3.63, 3.8) is 0 Å². The van der Waals surface area contributed by atoms with Crippen LogP contribution in [0.4, 0.5) is 0 Å². The Balaban J connectivity index is 3.26. The summed E-state index contributed by atoms with van der Waals surface area (Å²) in [7, 11) is 0. The lowest BCUT2D eigenvalue weighted by Gasteiger charge is -2.09. The molecule has 0 aliphatic carbocycles. The summed E-state index contributed by atoms with van der Waals surface area (Å²) in [5, 5.41) is 2.76. The van der Waals surface area contributed by atoms with E-state index in [4.69, 9.17) is 14.2 Å². The van der Waals surface area contributed by atoms with Crippen LogP contribution in [0.3, 0.4) is 0 Å². The van der Waals surface area contributed by atoms with E-state index in [9.17, 15) is 9.59 Å². The molecule has 21 heavy (non-hydrogen) atoms. The second kappa shape index (κ2) is 12.7. The maximum atomic E-state index is 11.3. The van der Waals surface area contributed by atoms with E-state index < -0.39 is 0 Å². The number of ether oxygens (including phenoxy) is 3. The van der Waals surface area contributed by atoms with Crippen LogP contribution in [-0.2, 0) is 23.8 Å². The predicted molar refractivity (Wildman–Crippen MR) is 80.1 cm³/mol. The van der Waals surface area contributed by atoms with Crippen molar-refractivity contribution < 1.29 is 23.8 Å². The summed E-state index contributed by atoms with van der Waals surface area (Å²) < 4.78 is 15.6. The largest absolute Gasteiger partial charge is 0.377 e. The Morgan fingerprint density at radius 3 is 1.90 bits per heavy atom. The molecule has 0 aromatic rings. The zero-order chi connectivity index (χ0) is 16.1. The fourth-order valence-electron chi connectivity index (χ4n) is 1.21. The van der Waals surface area contributed by atoms with Gasteiger partial charge in [0.05, 0.1) is 26.4 Å². The van der Waals surface area contributed by atoms with Crippen LogP contribution in [0.2, 0.25) is 0 Å². The van der Waals surface area contributed by atoms with Crippen LogP contribution in [0.15, 0.2) is 0 Å². The standard InChI is InChI=1S/C15H29NO5/c1-12(2)9-16-15(18)11-21-8-6-19-5-7-20-10-14(17)13(3)4/h12-13H,5-11H2,1-4H3,(H,16,18). The summed E-state index contributed by atoms with van der Waals surface area (Å²) in [5.41, 5.74) is 0. The van der Waals surface area contributed by atoms with Gasteiger partial charge in [0.1, 0.15) is 13.2 Å². The van der Waals surface area contributed by atoms with Crippen molar-refractivity contribution in [1.29, 1.82) is 0 Å². The van der Waals surface area contributed by atoms with Gasteiger partial charge in [0, 0.05) is 12.5 Å². The molecular weight excluding hydrogens is 274 g/mol. The van der Waals surface area contributed by atoms with E-state index in [1.807, 2.05) is 27.7 Å². The van der Waals surface area contributed by atoms with E-state index in [2.05, 4.69) is 5.32 Å². The van der Waals surface area contributed by atoms with Crippen molar-refractivity contribution in [3.8, 4) is 0 Å². The highest BCUT2D eigenvalue weighted by molar-refractivity contribution is 5.81. The highest BCUT2D eigenvalue weighted by atomic mass is 16.5. The minimum Gasteiger partial charge on any atom is -0.377 e. The van der Waals surface area contributed by atoms with Crippen molar-refractivity contribution in [2.45, 2.75) is 27.7 Å². The van der Waals surface area contributed by atoms with Gasteiger partial charge in [-0.1, -0.05) is 27.7 Å². The first kappa shape index (κ1) is 20.0. The average molecular weight is 303 g/mol. The maximum Gasteiger partial charge on any atom is 0.246 e. The lowest BCUT2D eigenvalue weighted by Crippen LogP contribution is -2.31. The quantitative estimate of drug-likeness (QED) is 0.515. The maximum absolute atomic E-state index is 11.3. The zero-order valence-electron chi connectivity index (χ0n) is 13.6. The number of rotatable bonds is 13. The van der Waals surface area contributed by atoms with Gasteiger partial charge in [0.2, 0.25) is 5.91 Å². The molecule has 1 amide bonds. The number of ketones is 1. The van der Waals surface area contributed by atoms with Gasteiger partial charge >= 0.3 is 0 Å². The summed E-state index contributed by atoms with van der Waals surface area (Å²) in [4.78, 5) is 22.6. The summed E-state index contributed by atoms with van der Waals surface area (Å²) in [6.45, 7) is 10.2. The number of amides is 1. The molecule has 0 fully saturated rings. The Bertz CT molecular complexity index is 292. The van der Waals surface area contributed by atoms with Crippen LogP contribution in [0.5, 0.6) is 0 Å². The van der Waals surface area contributed by atoms with Crippen LogP contribution in [-0.4, -0.2) is 57.9 Å². The molecule has 0 aliphatic heterocycles. The molecule has 6 heteroatoms. The second-order valence-corrected chi connectivity index (χ2v) is 5.54. The van der Waals surface area contributed by atoms with E-state index >= 15 is 0 Å². The third-order valence-corrected chi connectivity index (χ3v) is 2.57. The molecule has 124 valence electrons. The number of nitrogens with one attached hydrogen (secondary N) is 1. The molecule has 0 spiro atoms. The van der Waals surface area contributed by atoms with Gasteiger partial charge in [0.15, 0.2) is 5.78 Å². The van der Waals surface area contributed by atoms with Crippen LogP contribution in [0, 0.1) is 11.8 Å². The van der Waals surface area contributed by atoms with Crippen LogP contribution < -0.4 is 5.32 Å². The van der Waals surface area contributed by atoms with Gasteiger partial charge < -0.3 is 19.5 Å². The molecule has 0 unspecified atom stereocenters. The molecule has 0 aromatic heterocycles. The Hall–Kier alpha value is -0.980. The minimum atomic E-state index is -0.112. The fraction of sp³-hybridized carbons (Fsp3) is 0.867. The van der Waals surface area contributed by atoms with Crippen molar-refractivity contribution in [2.24, 2.45) is 11.8 Å². The number of Topliss-reactive ketones (excluding diaryl/α,β-unsaturated/α-hetero) is 1. The van der Waals surface area contributed by atoms with Crippen molar-refractivity contribution in [3.05, 3.63) is 0 Å². The Morgan fingerprint density at radius 1 is 0.857 bits per heavy atom. The van der Waals surface area contributed by atoms with E-state index in [1.54, 1.807) is 0 Å². The lowest BCUT2D eigenvalue weighted by molar-refractivity contribution is -0.127. The van der Waals surface area contributed by atoms with Crippen LogP contribution >= 0.6 is 0 Å². The minimum absolute atomic E-state index is 0.00107. The molecule has 0 bridgehead atoms. The topological polar surface area (TPSA) is 73.9 Å². The highest BCUT2D eigenvalue weighted by Gasteiger charge is 2.06. The molecule has 0 radical (unpaired) electrons. The van der Waals surface area contributed by atoms with E-state index in [0.717, 1.165) is 0 Å². The summed E-state index contributed by atoms with van der Waals surface area (Å²) in [6, 6.07) is 0. The van der Waals surface area contributed by atoms with E-state index in [1.165, 1.54) is 0 Å². The molecule has 0 aromatic carbocycles. The molecule has 0 aliphatic rings. The first-order valence-electron chi connectivity index (χ1n) is 7.46. The van der Waals surface area contributed by atoms with Gasteiger partial charge in [0.25, 0.3) is 0 Å². The number of carbonyl (C=O) groups excluding carboxylic acids is 2. The van der Waals surface area contributed by atoms with E-state index in [0.29, 0.717) is 38.9 Å². The molecule has 1 N–H and O–H groups in total. The molecule has 6 nitrogen and oxygen atoms in total. The van der Waals surface area contributed by atoms with Crippen molar-refractivity contribution >= 4 is 11.7 Å². The van der Waals surface area contributed by atoms with Crippen LogP contribution in [0.1, 0.15) is 27.7 Å². The van der Waals surface area contributed by atoms with Gasteiger partial charge in [-0.3, -0.25) is 9.59 Å². The molecule has 0 heterocycles. The Labute approximate surface area is 127 Å². The number of hydrogen-bond donors (Lipinski definition) is 1. The van der Waals surface area contributed by atoms with Crippen molar-refractivity contribution in [2.75, 3.05) is 46.2 Å². The third-order valence-electron chi connectivity index (χ3n) is 2.57. The average Bonchev–Trinajstić information content (AvgIpc) is 2.42. The predicted octanol–water partition coefficient (Wildman–Crippen LogP) is 1.03. The lowest BCUT2D eigenvalue weighted by atomic mass is 10.1. The van der Waals surface area contributed by atoms with Gasteiger partial charge in [-0.15, -0.1) is 0 Å². The van der Waals surface area contributed by atoms with Crippen molar-refractivity contribution in [1.82, 2.24) is 5.32 Å². The summed E-state index contributed by atoms with van der Waals surface area (Å²) in [5.74, 6) is 0.408. The Kier molecular flexibility index (Phi) is 12.1. The summed E-state index contributed by atoms with van der Waals surface area (Å²) >= 11 is 0. The van der Waals surface area contributed by atoms with Gasteiger partial charge in [-0.25, -0.2) is 0 Å².